The second-order valence-corrected chi connectivity index (χ2v) is 6.57. The first-order valence-electron chi connectivity index (χ1n) is 8.48. The van der Waals surface area contributed by atoms with E-state index in [1.54, 1.807) is 42.5 Å². The maximum absolute atomic E-state index is 12.4. The maximum atomic E-state index is 12.4. The van der Waals surface area contributed by atoms with Crippen LogP contribution < -0.4 is 19.7 Å². The summed E-state index contributed by atoms with van der Waals surface area (Å²) in [6.07, 6.45) is 0.0573. The second-order valence-electron chi connectivity index (χ2n) is 6.16. The van der Waals surface area contributed by atoms with Gasteiger partial charge in [0, 0.05) is 18.3 Å². The lowest BCUT2D eigenvalue weighted by Gasteiger charge is -2.21. The monoisotopic (exact) mass is 390 g/mol. The fourth-order valence-electron chi connectivity index (χ4n) is 2.45. The normalized spacial score (nSPS) is 10.4. The van der Waals surface area contributed by atoms with E-state index in [1.807, 2.05) is 13.8 Å². The van der Waals surface area contributed by atoms with Crippen LogP contribution in [-0.4, -0.2) is 31.6 Å². The van der Waals surface area contributed by atoms with Crippen molar-refractivity contribution in [3.05, 3.63) is 47.5 Å². The van der Waals surface area contributed by atoms with E-state index in [0.717, 1.165) is 0 Å². The van der Waals surface area contributed by atoms with Crippen molar-refractivity contribution in [3.8, 4) is 11.5 Å². The smallest absolute Gasteiger partial charge is 0.244 e. The van der Waals surface area contributed by atoms with Crippen LogP contribution in [0.4, 0.5) is 11.4 Å². The van der Waals surface area contributed by atoms with Crippen LogP contribution in [0.15, 0.2) is 42.5 Å². The lowest BCUT2D eigenvalue weighted by molar-refractivity contribution is -0.120. The van der Waals surface area contributed by atoms with Crippen molar-refractivity contribution in [2.24, 2.45) is 0 Å². The molecule has 0 spiro atoms. The van der Waals surface area contributed by atoms with Crippen molar-refractivity contribution < 1.29 is 19.1 Å². The molecule has 0 aliphatic carbocycles. The Kier molecular flexibility index (Phi) is 7.07. The third-order valence-corrected chi connectivity index (χ3v) is 3.93. The van der Waals surface area contributed by atoms with Crippen molar-refractivity contribution in [1.82, 2.24) is 0 Å². The number of rotatable bonds is 7. The van der Waals surface area contributed by atoms with E-state index in [4.69, 9.17) is 21.1 Å². The summed E-state index contributed by atoms with van der Waals surface area (Å²) in [4.78, 5) is 25.8. The van der Waals surface area contributed by atoms with Gasteiger partial charge in [-0.15, -0.1) is 0 Å². The molecule has 0 fully saturated rings. The van der Waals surface area contributed by atoms with Gasteiger partial charge in [0.25, 0.3) is 0 Å². The van der Waals surface area contributed by atoms with Crippen LogP contribution in [0, 0.1) is 0 Å². The molecule has 27 heavy (non-hydrogen) atoms. The molecule has 2 amide bonds. The molecule has 1 N–H and O–H groups in total. The van der Waals surface area contributed by atoms with Gasteiger partial charge in [-0.2, -0.15) is 0 Å². The Balaban J connectivity index is 2.08. The van der Waals surface area contributed by atoms with Gasteiger partial charge in [-0.1, -0.05) is 11.6 Å². The predicted octanol–water partition coefficient (Wildman–Crippen LogP) is 4.13. The first-order valence-corrected chi connectivity index (χ1v) is 8.86. The molecule has 0 bridgehead atoms. The number of halogens is 1. The Morgan fingerprint density at radius 3 is 2.33 bits per heavy atom. The van der Waals surface area contributed by atoms with Crippen molar-refractivity contribution in [3.63, 3.8) is 0 Å². The van der Waals surface area contributed by atoms with Crippen molar-refractivity contribution in [2.75, 3.05) is 23.9 Å². The van der Waals surface area contributed by atoms with Gasteiger partial charge < -0.3 is 19.7 Å². The molecule has 0 radical (unpaired) electrons. The summed E-state index contributed by atoms with van der Waals surface area (Å²) in [5, 5.41) is 3.12. The van der Waals surface area contributed by atoms with Gasteiger partial charge in [-0.3, -0.25) is 9.59 Å². The van der Waals surface area contributed by atoms with Crippen LogP contribution in [0.3, 0.4) is 0 Å². The van der Waals surface area contributed by atoms with Gasteiger partial charge in [0.1, 0.15) is 18.0 Å². The van der Waals surface area contributed by atoms with Crippen LogP contribution in [0.1, 0.15) is 20.8 Å². The molecule has 0 saturated carbocycles. The third-order valence-electron chi connectivity index (χ3n) is 3.64. The second kappa shape index (κ2) is 9.28. The molecule has 2 rings (SSSR count). The SMILES string of the molecule is COc1ccc(NC(=O)CN(C(C)=O)c2ccc(OC(C)C)cc2)cc1Cl. The minimum Gasteiger partial charge on any atom is -0.495 e. The first kappa shape index (κ1) is 20.6. The fraction of sp³-hybridized carbons (Fsp3) is 0.300. The summed E-state index contributed by atoms with van der Waals surface area (Å²) < 4.78 is 10.7. The highest BCUT2D eigenvalue weighted by Gasteiger charge is 2.16. The number of benzene rings is 2. The Labute approximate surface area is 164 Å². The number of carbonyl (C=O) groups is 2. The summed E-state index contributed by atoms with van der Waals surface area (Å²) in [6, 6.07) is 12.0. The average molecular weight is 391 g/mol. The maximum Gasteiger partial charge on any atom is 0.244 e. The molecule has 0 aliphatic rings. The standard InChI is InChI=1S/C20H23ClN2O4/c1-13(2)27-17-8-6-16(7-9-17)23(14(3)24)12-20(25)22-15-5-10-19(26-4)18(21)11-15/h5-11,13H,12H2,1-4H3,(H,22,25). The molecule has 0 heterocycles. The first-order chi connectivity index (χ1) is 12.8. The number of methoxy groups -OCH3 is 1. The Morgan fingerprint density at radius 2 is 1.81 bits per heavy atom. The number of nitrogens with one attached hydrogen (secondary N) is 1. The molecule has 144 valence electrons. The molecule has 2 aromatic carbocycles. The molecule has 2 aromatic rings. The number of nitrogens with zero attached hydrogens (tertiary/aromatic N) is 1. The Hall–Kier alpha value is -2.73. The molecule has 0 aliphatic heterocycles. The van der Waals surface area contributed by atoms with Crippen molar-refractivity contribution >= 4 is 34.8 Å². The highest BCUT2D eigenvalue weighted by atomic mass is 35.5. The average Bonchev–Trinajstić information content (AvgIpc) is 2.60. The van der Waals surface area contributed by atoms with E-state index in [2.05, 4.69) is 5.32 Å². The van der Waals surface area contributed by atoms with E-state index in [-0.39, 0.29) is 24.5 Å². The fourth-order valence-corrected chi connectivity index (χ4v) is 2.71. The molecule has 0 atom stereocenters. The summed E-state index contributed by atoms with van der Waals surface area (Å²) in [6.45, 7) is 5.16. The van der Waals surface area contributed by atoms with Gasteiger partial charge in [-0.05, 0) is 56.3 Å². The quantitative estimate of drug-likeness (QED) is 0.771. The molecule has 0 unspecified atom stereocenters. The van der Waals surface area contributed by atoms with Gasteiger partial charge in [0.15, 0.2) is 0 Å². The van der Waals surface area contributed by atoms with Crippen LogP contribution in [-0.2, 0) is 9.59 Å². The van der Waals surface area contributed by atoms with Crippen molar-refractivity contribution in [1.29, 1.82) is 0 Å². The van der Waals surface area contributed by atoms with E-state index < -0.39 is 0 Å². The largest absolute Gasteiger partial charge is 0.495 e. The number of hydrogen-bond donors (Lipinski definition) is 1. The Morgan fingerprint density at radius 1 is 1.15 bits per heavy atom. The van der Waals surface area contributed by atoms with Crippen molar-refractivity contribution in [2.45, 2.75) is 26.9 Å². The molecular formula is C20H23ClN2O4. The summed E-state index contributed by atoms with van der Waals surface area (Å²) >= 11 is 6.06. The minimum atomic E-state index is -0.339. The van der Waals surface area contributed by atoms with E-state index >= 15 is 0 Å². The number of amides is 2. The molecule has 0 saturated heterocycles. The highest BCUT2D eigenvalue weighted by Crippen LogP contribution is 2.27. The zero-order chi connectivity index (χ0) is 20.0. The van der Waals surface area contributed by atoms with Crippen LogP contribution >= 0.6 is 11.6 Å². The van der Waals surface area contributed by atoms with Crippen LogP contribution in [0.2, 0.25) is 5.02 Å². The number of hydrogen-bond acceptors (Lipinski definition) is 4. The van der Waals surface area contributed by atoms with Gasteiger partial charge >= 0.3 is 0 Å². The molecule has 6 nitrogen and oxygen atoms in total. The molecule has 0 aromatic heterocycles. The highest BCUT2D eigenvalue weighted by molar-refractivity contribution is 6.32. The van der Waals surface area contributed by atoms with Gasteiger partial charge in [0.05, 0.1) is 18.2 Å². The summed E-state index contributed by atoms with van der Waals surface area (Å²) in [5.41, 5.74) is 1.14. The predicted molar refractivity (Wildman–Crippen MR) is 107 cm³/mol. The summed E-state index contributed by atoms with van der Waals surface area (Å²) in [5.74, 6) is 0.641. The number of carbonyl (C=O) groups excluding carboxylic acids is 2. The molecule has 7 heteroatoms. The van der Waals surface area contributed by atoms with Crippen LogP contribution in [0.5, 0.6) is 11.5 Å². The Bertz CT molecular complexity index is 806. The van der Waals surface area contributed by atoms with E-state index in [0.29, 0.717) is 27.9 Å². The number of ether oxygens (including phenoxy) is 2. The zero-order valence-electron chi connectivity index (χ0n) is 15.8. The topological polar surface area (TPSA) is 67.9 Å². The lowest BCUT2D eigenvalue weighted by Crippen LogP contribution is -2.36. The lowest BCUT2D eigenvalue weighted by atomic mass is 10.2. The van der Waals surface area contributed by atoms with Gasteiger partial charge in [0.2, 0.25) is 11.8 Å². The third kappa shape index (κ3) is 5.89. The molecular weight excluding hydrogens is 368 g/mol. The minimum absolute atomic E-state index is 0.0573. The number of anilines is 2. The zero-order valence-corrected chi connectivity index (χ0v) is 16.5. The summed E-state index contributed by atoms with van der Waals surface area (Å²) in [7, 11) is 1.52. The van der Waals surface area contributed by atoms with Crippen LogP contribution in [0.25, 0.3) is 0 Å². The van der Waals surface area contributed by atoms with Gasteiger partial charge in [-0.25, -0.2) is 0 Å². The van der Waals surface area contributed by atoms with E-state index in [9.17, 15) is 9.59 Å². The van der Waals surface area contributed by atoms with E-state index in [1.165, 1.54) is 18.9 Å².